The Bertz CT molecular complexity index is 1040. The molecule has 1 aromatic heterocycles. The van der Waals surface area contributed by atoms with Gasteiger partial charge in [0.25, 0.3) is 5.91 Å². The molecule has 30 heavy (non-hydrogen) atoms. The Morgan fingerprint density at radius 1 is 1.30 bits per heavy atom. The number of furan rings is 1. The van der Waals surface area contributed by atoms with Crippen molar-refractivity contribution in [2.24, 2.45) is 0 Å². The van der Waals surface area contributed by atoms with Gasteiger partial charge in [-0.05, 0) is 18.9 Å². The number of benzene rings is 1. The SMILES string of the molecule is COCc1cc2cccc([C@@H]3C4=C(CNC4=O)N[C@@H]4CCCC[C@H]4N3C(C)=O)c2o1. The molecule has 0 radical (unpaired) electrons. The zero-order valence-corrected chi connectivity index (χ0v) is 17.4. The van der Waals surface area contributed by atoms with Gasteiger partial charge >= 0.3 is 0 Å². The zero-order valence-electron chi connectivity index (χ0n) is 17.4. The first-order valence-corrected chi connectivity index (χ1v) is 10.7. The van der Waals surface area contributed by atoms with Gasteiger partial charge in [-0.1, -0.05) is 31.0 Å². The Morgan fingerprint density at radius 2 is 2.13 bits per heavy atom. The van der Waals surface area contributed by atoms with Crippen LogP contribution in [0.4, 0.5) is 0 Å². The standard InChI is InChI=1S/C23H27N3O4/c1-13(27)26-19-9-4-3-8-17(19)25-18-11-24-23(28)20(18)21(26)16-7-5-6-14-10-15(12-29-2)30-22(14)16/h5-7,10,17,19,21,25H,3-4,8-9,11-12H2,1-2H3,(H,24,28)/t17-,19-,21-/m1/s1. The number of nitrogens with zero attached hydrogens (tertiary/aromatic N) is 1. The number of nitrogens with one attached hydrogen (secondary N) is 2. The Balaban J connectivity index is 1.72. The normalized spacial score (nSPS) is 26.1. The summed E-state index contributed by atoms with van der Waals surface area (Å²) < 4.78 is 11.4. The number of rotatable bonds is 3. The van der Waals surface area contributed by atoms with Crippen LogP contribution in [0.1, 0.15) is 50.0 Å². The molecule has 2 aromatic rings. The van der Waals surface area contributed by atoms with Gasteiger partial charge in [-0.25, -0.2) is 0 Å². The van der Waals surface area contributed by atoms with Crippen molar-refractivity contribution < 1.29 is 18.7 Å². The fraction of sp³-hybridized carbons (Fsp3) is 0.478. The number of amides is 2. The molecule has 2 aliphatic heterocycles. The third kappa shape index (κ3) is 2.99. The third-order valence-electron chi connectivity index (χ3n) is 6.56. The highest BCUT2D eigenvalue weighted by atomic mass is 16.5. The maximum Gasteiger partial charge on any atom is 0.251 e. The number of methoxy groups -OCH3 is 1. The second-order valence-corrected chi connectivity index (χ2v) is 8.42. The van der Waals surface area contributed by atoms with Crippen LogP contribution in [0.25, 0.3) is 11.0 Å². The molecule has 0 spiro atoms. The molecule has 3 atom stereocenters. The van der Waals surface area contributed by atoms with Crippen LogP contribution >= 0.6 is 0 Å². The fourth-order valence-electron chi connectivity index (χ4n) is 5.37. The number of hydrogen-bond acceptors (Lipinski definition) is 5. The molecule has 1 fully saturated rings. The van der Waals surface area contributed by atoms with E-state index in [9.17, 15) is 9.59 Å². The minimum absolute atomic E-state index is 0.0205. The fourth-order valence-corrected chi connectivity index (χ4v) is 5.37. The van der Waals surface area contributed by atoms with E-state index in [4.69, 9.17) is 9.15 Å². The maximum atomic E-state index is 13.0. The molecule has 2 amide bonds. The molecule has 1 saturated carbocycles. The van der Waals surface area contributed by atoms with Crippen LogP contribution in [0.5, 0.6) is 0 Å². The van der Waals surface area contributed by atoms with Crippen molar-refractivity contribution in [1.82, 2.24) is 15.5 Å². The molecule has 158 valence electrons. The van der Waals surface area contributed by atoms with E-state index in [2.05, 4.69) is 10.6 Å². The van der Waals surface area contributed by atoms with Gasteiger partial charge in [0.05, 0.1) is 24.2 Å². The molecular formula is C23H27N3O4. The van der Waals surface area contributed by atoms with Crippen LogP contribution in [-0.4, -0.2) is 42.5 Å². The second kappa shape index (κ2) is 7.47. The van der Waals surface area contributed by atoms with Crippen LogP contribution in [0.3, 0.4) is 0 Å². The van der Waals surface area contributed by atoms with Crippen LogP contribution < -0.4 is 10.6 Å². The highest BCUT2D eigenvalue weighted by Crippen LogP contribution is 2.42. The highest BCUT2D eigenvalue weighted by Gasteiger charge is 2.46. The molecule has 0 bridgehead atoms. The van der Waals surface area contributed by atoms with Crippen molar-refractivity contribution in [2.45, 2.75) is 57.3 Å². The van der Waals surface area contributed by atoms with Gasteiger partial charge in [0.2, 0.25) is 5.91 Å². The summed E-state index contributed by atoms with van der Waals surface area (Å²) in [5, 5.41) is 7.52. The molecule has 7 nitrogen and oxygen atoms in total. The summed E-state index contributed by atoms with van der Waals surface area (Å²) >= 11 is 0. The Kier molecular flexibility index (Phi) is 4.77. The number of carbonyl (C=O) groups excluding carboxylic acids is 2. The summed E-state index contributed by atoms with van der Waals surface area (Å²) in [6.07, 6.45) is 4.13. The summed E-state index contributed by atoms with van der Waals surface area (Å²) in [4.78, 5) is 27.9. The van der Waals surface area contributed by atoms with E-state index in [0.717, 1.165) is 48.1 Å². The molecule has 5 rings (SSSR count). The average Bonchev–Trinajstić information content (AvgIpc) is 3.25. The van der Waals surface area contributed by atoms with Gasteiger partial charge in [-0.15, -0.1) is 0 Å². The van der Waals surface area contributed by atoms with Gasteiger partial charge in [-0.2, -0.15) is 0 Å². The molecule has 1 aromatic carbocycles. The van der Waals surface area contributed by atoms with E-state index < -0.39 is 6.04 Å². The summed E-state index contributed by atoms with van der Waals surface area (Å²) in [6, 6.07) is 7.61. The molecule has 0 unspecified atom stereocenters. The number of carbonyl (C=O) groups is 2. The van der Waals surface area contributed by atoms with E-state index in [1.54, 1.807) is 14.0 Å². The first kappa shape index (κ1) is 19.2. The lowest BCUT2D eigenvalue weighted by atomic mass is 9.87. The predicted molar refractivity (Wildman–Crippen MR) is 111 cm³/mol. The summed E-state index contributed by atoms with van der Waals surface area (Å²) in [6.45, 7) is 2.45. The second-order valence-electron chi connectivity index (χ2n) is 8.42. The smallest absolute Gasteiger partial charge is 0.251 e. The summed E-state index contributed by atoms with van der Waals surface area (Å²) in [5.74, 6) is 0.586. The molecule has 1 aliphatic carbocycles. The Hall–Kier alpha value is -2.80. The lowest BCUT2D eigenvalue weighted by Gasteiger charge is -2.42. The van der Waals surface area contributed by atoms with Crippen molar-refractivity contribution in [1.29, 1.82) is 0 Å². The van der Waals surface area contributed by atoms with Crippen molar-refractivity contribution in [3.8, 4) is 0 Å². The molecule has 2 N–H and O–H groups in total. The topological polar surface area (TPSA) is 83.8 Å². The quantitative estimate of drug-likeness (QED) is 0.815. The van der Waals surface area contributed by atoms with Gasteiger partial charge in [0.1, 0.15) is 18.0 Å². The van der Waals surface area contributed by atoms with Crippen LogP contribution in [0.15, 0.2) is 40.0 Å². The van der Waals surface area contributed by atoms with E-state index in [-0.39, 0.29) is 23.9 Å². The number of hydrogen-bond donors (Lipinski definition) is 2. The van der Waals surface area contributed by atoms with Crippen LogP contribution in [-0.2, 0) is 20.9 Å². The van der Waals surface area contributed by atoms with Crippen molar-refractivity contribution >= 4 is 22.8 Å². The maximum absolute atomic E-state index is 13.0. The Labute approximate surface area is 175 Å². The number of ether oxygens (including phenoxy) is 1. The average molecular weight is 409 g/mol. The molecule has 7 heteroatoms. The Morgan fingerprint density at radius 3 is 2.93 bits per heavy atom. The molecule has 0 saturated heterocycles. The third-order valence-corrected chi connectivity index (χ3v) is 6.56. The van der Waals surface area contributed by atoms with Gasteiger partial charge in [-0.3, -0.25) is 9.59 Å². The minimum atomic E-state index is -0.481. The van der Waals surface area contributed by atoms with E-state index >= 15 is 0 Å². The van der Waals surface area contributed by atoms with Crippen molar-refractivity contribution in [3.05, 3.63) is 46.9 Å². The molecule has 3 aliphatic rings. The predicted octanol–water partition coefficient (Wildman–Crippen LogP) is 2.77. The number of para-hydroxylation sites is 1. The minimum Gasteiger partial charge on any atom is -0.458 e. The summed E-state index contributed by atoms with van der Waals surface area (Å²) in [5.41, 5.74) is 3.10. The molecule has 3 heterocycles. The van der Waals surface area contributed by atoms with E-state index in [1.807, 2.05) is 29.2 Å². The first-order chi connectivity index (χ1) is 14.6. The zero-order chi connectivity index (χ0) is 20.8. The van der Waals surface area contributed by atoms with Crippen LogP contribution in [0, 0.1) is 0 Å². The van der Waals surface area contributed by atoms with Crippen molar-refractivity contribution in [3.63, 3.8) is 0 Å². The highest BCUT2D eigenvalue weighted by molar-refractivity contribution is 6.00. The molecular weight excluding hydrogens is 382 g/mol. The van der Waals surface area contributed by atoms with E-state index in [1.165, 1.54) is 0 Å². The summed E-state index contributed by atoms with van der Waals surface area (Å²) in [7, 11) is 1.63. The lowest BCUT2D eigenvalue weighted by Crippen LogP contribution is -2.53. The van der Waals surface area contributed by atoms with Gasteiger partial charge in [0.15, 0.2) is 0 Å². The van der Waals surface area contributed by atoms with Gasteiger partial charge in [0, 0.05) is 36.7 Å². The largest absolute Gasteiger partial charge is 0.458 e. The number of fused-ring (bicyclic) bond motifs is 2. The van der Waals surface area contributed by atoms with Crippen molar-refractivity contribution in [2.75, 3.05) is 13.7 Å². The lowest BCUT2D eigenvalue weighted by molar-refractivity contribution is -0.134. The van der Waals surface area contributed by atoms with Crippen LogP contribution in [0.2, 0.25) is 0 Å². The monoisotopic (exact) mass is 409 g/mol. The van der Waals surface area contributed by atoms with E-state index in [0.29, 0.717) is 24.3 Å². The van der Waals surface area contributed by atoms with Gasteiger partial charge < -0.3 is 24.7 Å². The first-order valence-electron chi connectivity index (χ1n) is 10.7.